The zero-order chi connectivity index (χ0) is 22.9. The summed E-state index contributed by atoms with van der Waals surface area (Å²) in [7, 11) is 0. The lowest BCUT2D eigenvalue weighted by Gasteiger charge is -2.25. The number of hydrogen-bond donors (Lipinski definition) is 2. The van der Waals surface area contributed by atoms with E-state index >= 15 is 0 Å². The number of pyridine rings is 2. The van der Waals surface area contributed by atoms with Gasteiger partial charge in [0.15, 0.2) is 5.13 Å². The Balaban J connectivity index is 1.69. The van der Waals surface area contributed by atoms with Crippen LogP contribution >= 0.6 is 22.9 Å². The summed E-state index contributed by atoms with van der Waals surface area (Å²) in [6, 6.07) is 7.28. The minimum Gasteiger partial charge on any atom is -0.443 e. The van der Waals surface area contributed by atoms with Crippen molar-refractivity contribution in [1.82, 2.24) is 19.9 Å². The van der Waals surface area contributed by atoms with E-state index in [2.05, 4.69) is 19.9 Å². The Morgan fingerprint density at radius 2 is 2.03 bits per heavy atom. The summed E-state index contributed by atoms with van der Waals surface area (Å²) in [5.74, 6) is 0. The third-order valence-corrected chi connectivity index (χ3v) is 6.09. The summed E-state index contributed by atoms with van der Waals surface area (Å²) in [5, 5.41) is 12.3. The van der Waals surface area contributed by atoms with Gasteiger partial charge in [-0.3, -0.25) is 4.98 Å². The Morgan fingerprint density at radius 1 is 1.28 bits per heavy atom. The highest BCUT2D eigenvalue weighted by Gasteiger charge is 2.29. The van der Waals surface area contributed by atoms with E-state index in [-0.39, 0.29) is 11.7 Å². The Kier molecular flexibility index (Phi) is 6.14. The number of anilines is 1. The molecular weight excluding hydrogens is 450 g/mol. The van der Waals surface area contributed by atoms with Gasteiger partial charge in [-0.1, -0.05) is 22.9 Å². The van der Waals surface area contributed by atoms with Crippen molar-refractivity contribution in [2.75, 3.05) is 4.90 Å². The van der Waals surface area contributed by atoms with Crippen molar-refractivity contribution in [1.29, 1.82) is 0 Å². The van der Waals surface area contributed by atoms with Crippen LogP contribution in [0, 0.1) is 0 Å². The topological polar surface area (TPSA) is 104 Å². The standard InChI is InChI=1S/C22H22ClN5O3S/c1-22(2,3)31-21(30)28(12-13-6-9-24-10-7-13)20-27-18(23)17(32-20)16(29)15-11-26-19-14(15)5-4-8-25-19/h4-11,16,29H,12H2,1-3H3,(H,25,26). The lowest BCUT2D eigenvalue weighted by molar-refractivity contribution is 0.0577. The van der Waals surface area contributed by atoms with Gasteiger partial charge in [0.05, 0.1) is 11.4 Å². The van der Waals surface area contributed by atoms with Crippen LogP contribution < -0.4 is 4.90 Å². The lowest BCUT2D eigenvalue weighted by Crippen LogP contribution is -2.36. The first-order valence-corrected chi connectivity index (χ1v) is 11.1. The van der Waals surface area contributed by atoms with Crippen molar-refractivity contribution >= 4 is 45.2 Å². The quantitative estimate of drug-likeness (QED) is 0.420. The van der Waals surface area contributed by atoms with Crippen molar-refractivity contribution in [3.63, 3.8) is 0 Å². The van der Waals surface area contributed by atoms with Gasteiger partial charge in [0.2, 0.25) is 0 Å². The van der Waals surface area contributed by atoms with Gasteiger partial charge in [-0.15, -0.1) is 0 Å². The van der Waals surface area contributed by atoms with Gasteiger partial charge in [0.1, 0.15) is 22.5 Å². The van der Waals surface area contributed by atoms with E-state index in [0.29, 0.717) is 21.2 Å². The molecule has 0 fully saturated rings. The second kappa shape index (κ2) is 8.85. The number of carbonyl (C=O) groups excluding carboxylic acids is 1. The molecule has 4 aromatic rings. The van der Waals surface area contributed by atoms with Crippen LogP contribution in [0.1, 0.15) is 42.9 Å². The average molecular weight is 472 g/mol. The first-order valence-electron chi connectivity index (χ1n) is 9.88. The number of H-pyrrole nitrogens is 1. The van der Waals surface area contributed by atoms with Gasteiger partial charge in [-0.05, 0) is 50.6 Å². The number of aliphatic hydroxyl groups excluding tert-OH is 1. The molecule has 0 saturated carbocycles. The summed E-state index contributed by atoms with van der Waals surface area (Å²) in [5.41, 5.74) is 1.45. The zero-order valence-corrected chi connectivity index (χ0v) is 19.3. The highest BCUT2D eigenvalue weighted by Crippen LogP contribution is 2.39. The Labute approximate surface area is 193 Å². The van der Waals surface area contributed by atoms with Crippen LogP contribution in [0.3, 0.4) is 0 Å². The normalized spacial score (nSPS) is 12.7. The Hall–Kier alpha value is -3.01. The molecule has 0 saturated heterocycles. The number of amides is 1. The van der Waals surface area contributed by atoms with Crippen LogP contribution in [0.25, 0.3) is 11.0 Å². The molecule has 4 aromatic heterocycles. The zero-order valence-electron chi connectivity index (χ0n) is 17.7. The van der Waals surface area contributed by atoms with E-state index in [0.717, 1.165) is 22.3 Å². The highest BCUT2D eigenvalue weighted by molar-refractivity contribution is 7.16. The molecule has 0 aromatic carbocycles. The molecule has 0 aliphatic rings. The monoisotopic (exact) mass is 471 g/mol. The number of nitrogens with one attached hydrogen (secondary N) is 1. The molecular formula is C22H22ClN5O3S. The Bertz CT molecular complexity index is 1240. The number of nitrogens with zero attached hydrogens (tertiary/aromatic N) is 4. The van der Waals surface area contributed by atoms with Gasteiger partial charge in [0, 0.05) is 35.7 Å². The van der Waals surface area contributed by atoms with Gasteiger partial charge < -0.3 is 14.8 Å². The molecule has 4 rings (SSSR count). The third-order valence-electron chi connectivity index (χ3n) is 4.56. The van der Waals surface area contributed by atoms with Crippen LogP contribution in [-0.4, -0.2) is 36.7 Å². The van der Waals surface area contributed by atoms with Gasteiger partial charge >= 0.3 is 6.09 Å². The van der Waals surface area contributed by atoms with Crippen LogP contribution in [0.5, 0.6) is 0 Å². The number of carbonyl (C=O) groups is 1. The number of thiazole rings is 1. The molecule has 0 aliphatic carbocycles. The number of rotatable bonds is 5. The Morgan fingerprint density at radius 3 is 2.75 bits per heavy atom. The van der Waals surface area contributed by atoms with Crippen molar-refractivity contribution in [3.8, 4) is 0 Å². The van der Waals surface area contributed by atoms with Crippen LogP contribution in [-0.2, 0) is 11.3 Å². The molecule has 32 heavy (non-hydrogen) atoms. The summed E-state index contributed by atoms with van der Waals surface area (Å²) in [6.07, 6.45) is 5.07. The first kappa shape index (κ1) is 22.2. The molecule has 4 heterocycles. The van der Waals surface area contributed by atoms with E-state index in [9.17, 15) is 9.90 Å². The summed E-state index contributed by atoms with van der Waals surface area (Å²) in [6.45, 7) is 5.60. The molecule has 10 heteroatoms. The number of aromatic nitrogens is 4. The minimum atomic E-state index is -1.03. The van der Waals surface area contributed by atoms with Crippen LogP contribution in [0.15, 0.2) is 49.1 Å². The maximum atomic E-state index is 13.0. The summed E-state index contributed by atoms with van der Waals surface area (Å²) < 4.78 is 5.59. The molecule has 166 valence electrons. The number of aliphatic hydroxyl groups is 1. The molecule has 8 nitrogen and oxygen atoms in total. The van der Waals surface area contributed by atoms with Gasteiger partial charge in [0.25, 0.3) is 0 Å². The molecule has 1 unspecified atom stereocenters. The fourth-order valence-corrected chi connectivity index (χ4v) is 4.43. The van der Waals surface area contributed by atoms with E-state index in [4.69, 9.17) is 16.3 Å². The maximum absolute atomic E-state index is 13.0. The van der Waals surface area contributed by atoms with Gasteiger partial charge in [-0.25, -0.2) is 19.7 Å². The predicted molar refractivity (Wildman–Crippen MR) is 124 cm³/mol. The second-order valence-corrected chi connectivity index (χ2v) is 9.49. The molecule has 2 N–H and O–H groups in total. The van der Waals surface area contributed by atoms with E-state index in [1.165, 1.54) is 4.90 Å². The number of aromatic amines is 1. The molecule has 0 bridgehead atoms. The molecule has 0 aliphatic heterocycles. The largest absolute Gasteiger partial charge is 0.443 e. The molecule has 1 amide bonds. The molecule has 0 spiro atoms. The van der Waals surface area contributed by atoms with Crippen molar-refractivity contribution in [3.05, 3.63) is 70.2 Å². The minimum absolute atomic E-state index is 0.124. The van der Waals surface area contributed by atoms with Crippen molar-refractivity contribution in [2.45, 2.75) is 39.0 Å². The SMILES string of the molecule is CC(C)(C)OC(=O)N(Cc1ccncc1)c1nc(Cl)c(C(O)c2c[nH]c3ncccc23)s1. The number of hydrogen-bond acceptors (Lipinski definition) is 7. The number of ether oxygens (including phenoxy) is 1. The highest BCUT2D eigenvalue weighted by atomic mass is 35.5. The first-order chi connectivity index (χ1) is 15.2. The molecule has 1 atom stereocenters. The average Bonchev–Trinajstić information content (AvgIpc) is 3.34. The van der Waals surface area contributed by atoms with Gasteiger partial charge in [-0.2, -0.15) is 0 Å². The third kappa shape index (κ3) is 4.74. The van der Waals surface area contributed by atoms with Crippen molar-refractivity contribution in [2.24, 2.45) is 0 Å². The van der Waals surface area contributed by atoms with Crippen LogP contribution in [0.4, 0.5) is 9.93 Å². The predicted octanol–water partition coefficient (Wildman–Crippen LogP) is 5.09. The van der Waals surface area contributed by atoms with Crippen molar-refractivity contribution < 1.29 is 14.6 Å². The number of fused-ring (bicyclic) bond motifs is 1. The maximum Gasteiger partial charge on any atom is 0.416 e. The van der Waals surface area contributed by atoms with E-state index in [1.54, 1.807) is 63.8 Å². The summed E-state index contributed by atoms with van der Waals surface area (Å²) >= 11 is 7.56. The lowest BCUT2D eigenvalue weighted by atomic mass is 10.1. The van der Waals surface area contributed by atoms with E-state index in [1.807, 2.05) is 6.07 Å². The fraction of sp³-hybridized carbons (Fsp3) is 0.273. The van der Waals surface area contributed by atoms with Crippen LogP contribution in [0.2, 0.25) is 5.15 Å². The molecule has 0 radical (unpaired) electrons. The number of halogens is 1. The second-order valence-electron chi connectivity index (χ2n) is 8.12. The smallest absolute Gasteiger partial charge is 0.416 e. The van der Waals surface area contributed by atoms with E-state index < -0.39 is 17.8 Å². The fourth-order valence-electron chi connectivity index (χ4n) is 3.13. The summed E-state index contributed by atoms with van der Waals surface area (Å²) in [4.78, 5) is 30.5.